The van der Waals surface area contributed by atoms with Gasteiger partial charge in [0.15, 0.2) is 0 Å². The summed E-state index contributed by atoms with van der Waals surface area (Å²) in [6, 6.07) is 7.58. The van der Waals surface area contributed by atoms with Gasteiger partial charge in [-0.25, -0.2) is 4.98 Å². The second-order valence-corrected chi connectivity index (χ2v) is 7.25. The van der Waals surface area contributed by atoms with Gasteiger partial charge in [-0.1, -0.05) is 6.92 Å². The number of amides is 1. The number of aromatic nitrogens is 1. The Morgan fingerprint density at radius 3 is 2.86 bits per heavy atom. The Kier molecular flexibility index (Phi) is 5.76. The molecule has 112 valence electrons. The summed E-state index contributed by atoms with van der Waals surface area (Å²) in [5.41, 5.74) is 1.47. The molecular formula is C15H18BrN3OS. The number of rotatable bonds is 6. The van der Waals surface area contributed by atoms with Gasteiger partial charge in [-0.3, -0.25) is 4.79 Å². The number of hydrogen-bond donors (Lipinski definition) is 2. The lowest BCUT2D eigenvalue weighted by Gasteiger charge is -2.09. The van der Waals surface area contributed by atoms with Crippen molar-refractivity contribution in [3.63, 3.8) is 0 Å². The van der Waals surface area contributed by atoms with Gasteiger partial charge in [-0.05, 0) is 53.5 Å². The third-order valence-electron chi connectivity index (χ3n) is 2.82. The molecule has 0 aliphatic heterocycles. The van der Waals surface area contributed by atoms with Gasteiger partial charge < -0.3 is 10.6 Å². The van der Waals surface area contributed by atoms with Crippen LogP contribution < -0.4 is 10.6 Å². The van der Waals surface area contributed by atoms with Crippen LogP contribution in [0.15, 0.2) is 28.1 Å². The molecule has 0 aromatic carbocycles. The van der Waals surface area contributed by atoms with Crippen molar-refractivity contribution in [1.82, 2.24) is 10.3 Å². The van der Waals surface area contributed by atoms with E-state index in [1.165, 1.54) is 0 Å². The summed E-state index contributed by atoms with van der Waals surface area (Å²) in [4.78, 5) is 17.7. The molecule has 2 aromatic heterocycles. The van der Waals surface area contributed by atoms with E-state index in [1.807, 2.05) is 19.1 Å². The zero-order valence-electron chi connectivity index (χ0n) is 12.1. The second-order valence-electron chi connectivity index (χ2n) is 4.70. The van der Waals surface area contributed by atoms with Gasteiger partial charge in [0, 0.05) is 22.7 Å². The molecule has 0 atom stereocenters. The zero-order chi connectivity index (χ0) is 15.2. The Labute approximate surface area is 137 Å². The maximum atomic E-state index is 12.2. The fourth-order valence-electron chi connectivity index (χ4n) is 1.86. The largest absolute Gasteiger partial charge is 0.370 e. The highest BCUT2D eigenvalue weighted by molar-refractivity contribution is 9.11. The van der Waals surface area contributed by atoms with Gasteiger partial charge >= 0.3 is 0 Å². The van der Waals surface area contributed by atoms with E-state index in [2.05, 4.69) is 38.5 Å². The number of thiophene rings is 1. The highest BCUT2D eigenvalue weighted by atomic mass is 79.9. The highest BCUT2D eigenvalue weighted by Crippen LogP contribution is 2.21. The third kappa shape index (κ3) is 4.82. The molecule has 0 unspecified atom stereocenters. The fourth-order valence-corrected chi connectivity index (χ4v) is 3.28. The van der Waals surface area contributed by atoms with Crippen LogP contribution in [0, 0.1) is 6.92 Å². The molecule has 0 saturated heterocycles. The molecule has 0 fully saturated rings. The molecule has 6 heteroatoms. The average molecular weight is 368 g/mol. The summed E-state index contributed by atoms with van der Waals surface area (Å²) in [5.74, 6) is 0.672. The lowest BCUT2D eigenvalue weighted by molar-refractivity contribution is 0.0951. The van der Waals surface area contributed by atoms with E-state index in [4.69, 9.17) is 0 Å². The molecule has 21 heavy (non-hydrogen) atoms. The van der Waals surface area contributed by atoms with E-state index < -0.39 is 0 Å². The van der Waals surface area contributed by atoms with E-state index in [0.29, 0.717) is 12.1 Å². The maximum Gasteiger partial charge on any atom is 0.251 e. The normalized spacial score (nSPS) is 10.4. The molecule has 0 saturated carbocycles. The van der Waals surface area contributed by atoms with Crippen molar-refractivity contribution < 1.29 is 4.79 Å². The first-order valence-electron chi connectivity index (χ1n) is 6.83. The van der Waals surface area contributed by atoms with Crippen LogP contribution in [0.3, 0.4) is 0 Å². The highest BCUT2D eigenvalue weighted by Gasteiger charge is 2.09. The van der Waals surface area contributed by atoms with Crippen LogP contribution in [0.4, 0.5) is 5.82 Å². The van der Waals surface area contributed by atoms with Crippen LogP contribution in [0.25, 0.3) is 0 Å². The molecule has 0 aliphatic rings. The van der Waals surface area contributed by atoms with E-state index in [1.54, 1.807) is 23.5 Å². The Balaban J connectivity index is 2.02. The van der Waals surface area contributed by atoms with Gasteiger partial charge in [0.25, 0.3) is 5.91 Å². The van der Waals surface area contributed by atoms with Crippen LogP contribution in [-0.4, -0.2) is 17.4 Å². The molecule has 1 amide bonds. The lowest BCUT2D eigenvalue weighted by Crippen LogP contribution is -2.22. The number of halogens is 1. The van der Waals surface area contributed by atoms with Crippen molar-refractivity contribution in [2.24, 2.45) is 0 Å². The first-order chi connectivity index (χ1) is 10.1. The first kappa shape index (κ1) is 16.0. The summed E-state index contributed by atoms with van der Waals surface area (Å²) in [6.45, 7) is 5.37. The molecule has 0 aliphatic carbocycles. The van der Waals surface area contributed by atoms with Gasteiger partial charge in [0.1, 0.15) is 5.82 Å². The van der Waals surface area contributed by atoms with Crippen molar-refractivity contribution in [3.05, 3.63) is 44.2 Å². The van der Waals surface area contributed by atoms with E-state index in [9.17, 15) is 4.79 Å². The number of hydrogen-bond acceptors (Lipinski definition) is 4. The number of pyridine rings is 1. The summed E-state index contributed by atoms with van der Waals surface area (Å²) < 4.78 is 1.07. The summed E-state index contributed by atoms with van der Waals surface area (Å²) in [5, 5.41) is 6.15. The van der Waals surface area contributed by atoms with Gasteiger partial charge in [-0.2, -0.15) is 0 Å². The van der Waals surface area contributed by atoms with Crippen molar-refractivity contribution in [2.75, 3.05) is 11.9 Å². The number of nitrogens with zero attached hydrogens (tertiary/aromatic N) is 1. The molecule has 2 heterocycles. The predicted molar refractivity (Wildman–Crippen MR) is 90.9 cm³/mol. The van der Waals surface area contributed by atoms with Crippen LogP contribution in [-0.2, 0) is 6.54 Å². The molecular weight excluding hydrogens is 350 g/mol. The number of carbonyl (C=O) groups is 1. The summed E-state index contributed by atoms with van der Waals surface area (Å²) in [6.07, 6.45) is 1.02. The number of carbonyl (C=O) groups excluding carboxylic acids is 1. The Morgan fingerprint density at radius 1 is 1.38 bits per heavy atom. The number of nitrogens with one attached hydrogen (secondary N) is 2. The van der Waals surface area contributed by atoms with Crippen LogP contribution in [0.1, 0.15) is 34.3 Å². The minimum absolute atomic E-state index is 0.0791. The lowest BCUT2D eigenvalue weighted by atomic mass is 10.2. The predicted octanol–water partition coefficient (Wildman–Crippen LogP) is 3.97. The summed E-state index contributed by atoms with van der Waals surface area (Å²) >= 11 is 5.04. The Bertz CT molecular complexity index is 627. The third-order valence-corrected chi connectivity index (χ3v) is 4.45. The second kappa shape index (κ2) is 7.56. The van der Waals surface area contributed by atoms with Crippen molar-refractivity contribution >= 4 is 39.0 Å². The van der Waals surface area contributed by atoms with Crippen molar-refractivity contribution in [3.8, 4) is 0 Å². The smallest absolute Gasteiger partial charge is 0.251 e. The van der Waals surface area contributed by atoms with Gasteiger partial charge in [0.2, 0.25) is 0 Å². The van der Waals surface area contributed by atoms with Crippen LogP contribution >= 0.6 is 27.3 Å². The standard InChI is InChI=1S/C15H18BrN3OS/c1-3-6-17-14-8-11(7-10(2)19-14)15(20)18-9-12-4-5-13(16)21-12/h4-5,7-8H,3,6,9H2,1-2H3,(H,17,19)(H,18,20). The SMILES string of the molecule is CCCNc1cc(C(=O)NCc2ccc(Br)s2)cc(C)n1. The maximum absolute atomic E-state index is 12.2. The summed E-state index contributed by atoms with van der Waals surface area (Å²) in [7, 11) is 0. The monoisotopic (exact) mass is 367 g/mol. The molecule has 0 radical (unpaired) electrons. The average Bonchev–Trinajstić information content (AvgIpc) is 2.87. The van der Waals surface area contributed by atoms with E-state index in [0.717, 1.165) is 33.1 Å². The van der Waals surface area contributed by atoms with E-state index in [-0.39, 0.29) is 5.91 Å². The molecule has 2 rings (SSSR count). The van der Waals surface area contributed by atoms with Crippen LogP contribution in [0.5, 0.6) is 0 Å². The first-order valence-corrected chi connectivity index (χ1v) is 8.44. The Hall–Kier alpha value is -1.40. The van der Waals surface area contributed by atoms with Crippen molar-refractivity contribution in [1.29, 1.82) is 0 Å². The molecule has 0 spiro atoms. The fraction of sp³-hybridized carbons (Fsp3) is 0.333. The van der Waals surface area contributed by atoms with E-state index >= 15 is 0 Å². The van der Waals surface area contributed by atoms with Gasteiger partial charge in [0.05, 0.1) is 10.3 Å². The minimum Gasteiger partial charge on any atom is -0.370 e. The van der Waals surface area contributed by atoms with Crippen LogP contribution in [0.2, 0.25) is 0 Å². The number of anilines is 1. The molecule has 2 N–H and O–H groups in total. The molecule has 4 nitrogen and oxygen atoms in total. The van der Waals surface area contributed by atoms with Crippen molar-refractivity contribution in [2.45, 2.75) is 26.8 Å². The Morgan fingerprint density at radius 2 is 2.19 bits per heavy atom. The molecule has 2 aromatic rings. The quantitative estimate of drug-likeness (QED) is 0.811. The van der Waals surface area contributed by atoms with Gasteiger partial charge in [-0.15, -0.1) is 11.3 Å². The minimum atomic E-state index is -0.0791. The topological polar surface area (TPSA) is 54.0 Å². The zero-order valence-corrected chi connectivity index (χ0v) is 14.5. The molecule has 0 bridgehead atoms. The number of aryl methyl sites for hydroxylation is 1.